The molecule has 0 fully saturated rings. The first-order chi connectivity index (χ1) is 31.3. The number of aromatic amines is 2. The summed E-state index contributed by atoms with van der Waals surface area (Å²) in [5, 5.41) is 0. The number of nitrogens with zero attached hydrogens (tertiary/aromatic N) is 2. The molecule has 0 unspecified atom stereocenters. The van der Waals surface area contributed by atoms with Crippen LogP contribution in [0.4, 0.5) is 5.69 Å². The fraction of sp³-hybridized carbons (Fsp3) is 0.387. The monoisotopic (exact) mass is 905 g/mol. The van der Waals surface area contributed by atoms with Gasteiger partial charge in [0.25, 0.3) is 0 Å². The lowest BCUT2D eigenvalue weighted by molar-refractivity contribution is 0.568. The van der Waals surface area contributed by atoms with Gasteiger partial charge in [0.2, 0.25) is 0 Å². The highest BCUT2D eigenvalue weighted by Crippen LogP contribution is 2.44. The third-order valence-electron chi connectivity index (χ3n) is 13.7. The first kappa shape index (κ1) is 48.3. The molecule has 6 nitrogen and oxygen atoms in total. The Bertz CT molecular complexity index is 3130. The molecular formula is C62H76N6. The summed E-state index contributed by atoms with van der Waals surface area (Å²) in [7, 11) is 0. The first-order valence-corrected chi connectivity index (χ1v) is 24.5. The van der Waals surface area contributed by atoms with Gasteiger partial charge in [-0.05, 0) is 125 Å². The highest BCUT2D eigenvalue weighted by molar-refractivity contribution is 6.02. The molecule has 0 radical (unpaired) electrons. The minimum absolute atomic E-state index is 0.0808. The number of hydrogen-bond acceptors (Lipinski definition) is 4. The molecule has 2 aliphatic heterocycles. The maximum atomic E-state index is 7.35. The lowest BCUT2D eigenvalue weighted by Crippen LogP contribution is -2.16. The van der Waals surface area contributed by atoms with Crippen LogP contribution in [0.3, 0.4) is 0 Å². The van der Waals surface area contributed by atoms with E-state index in [9.17, 15) is 0 Å². The van der Waals surface area contributed by atoms with Crippen molar-refractivity contribution >= 4 is 51.7 Å². The van der Waals surface area contributed by atoms with Gasteiger partial charge in [-0.2, -0.15) is 0 Å². The molecule has 0 aliphatic carbocycles. The normalized spacial score (nSPS) is 13.9. The summed E-state index contributed by atoms with van der Waals surface area (Å²) in [6.07, 6.45) is 6.31. The minimum atomic E-state index is -0.125. The molecule has 6 N–H and O–H groups in total. The molecule has 68 heavy (non-hydrogen) atoms. The van der Waals surface area contributed by atoms with E-state index in [0.29, 0.717) is 17.1 Å². The van der Waals surface area contributed by atoms with Gasteiger partial charge in [-0.1, -0.05) is 179 Å². The van der Waals surface area contributed by atoms with Crippen LogP contribution in [-0.4, -0.2) is 19.9 Å². The van der Waals surface area contributed by atoms with Gasteiger partial charge >= 0.3 is 0 Å². The zero-order valence-corrected chi connectivity index (χ0v) is 44.3. The van der Waals surface area contributed by atoms with E-state index in [1.165, 1.54) is 33.4 Å². The van der Waals surface area contributed by atoms with Crippen LogP contribution in [0.5, 0.6) is 0 Å². The number of benzene rings is 3. The summed E-state index contributed by atoms with van der Waals surface area (Å²) in [6, 6.07) is 29.6. The van der Waals surface area contributed by atoms with Gasteiger partial charge in [0.1, 0.15) is 0 Å². The van der Waals surface area contributed by atoms with E-state index in [1.807, 2.05) is 6.07 Å². The molecule has 2 aliphatic rings. The smallest absolute Gasteiger partial charge is 0.0967 e. The van der Waals surface area contributed by atoms with Gasteiger partial charge in [-0.3, -0.25) is 0 Å². The van der Waals surface area contributed by atoms with E-state index < -0.39 is 0 Å². The molecule has 8 rings (SSSR count). The van der Waals surface area contributed by atoms with Gasteiger partial charge in [0.05, 0.1) is 39.7 Å². The second-order valence-electron chi connectivity index (χ2n) is 25.7. The number of rotatable bonds is 3. The van der Waals surface area contributed by atoms with E-state index in [1.54, 1.807) is 0 Å². The third-order valence-corrected chi connectivity index (χ3v) is 13.7. The number of nitrogens with two attached hydrogens (primary N) is 2. The van der Waals surface area contributed by atoms with Crippen LogP contribution in [0, 0.1) is 0 Å². The Kier molecular flexibility index (Phi) is 11.5. The summed E-state index contributed by atoms with van der Waals surface area (Å²) in [5.41, 5.74) is 35.3. The van der Waals surface area contributed by atoms with Crippen LogP contribution in [0.2, 0.25) is 0 Å². The summed E-state index contributed by atoms with van der Waals surface area (Å²) < 4.78 is 0. The van der Waals surface area contributed by atoms with Crippen LogP contribution < -0.4 is 11.5 Å². The van der Waals surface area contributed by atoms with E-state index in [0.717, 1.165) is 72.5 Å². The Morgan fingerprint density at radius 2 is 0.779 bits per heavy atom. The molecule has 0 atom stereocenters. The quantitative estimate of drug-likeness (QED) is 0.142. The van der Waals surface area contributed by atoms with E-state index in [-0.39, 0.29) is 32.5 Å². The molecule has 354 valence electrons. The number of fused-ring (bicyclic) bond motifs is 8. The topological polar surface area (TPSA) is 109 Å². The van der Waals surface area contributed by atoms with Gasteiger partial charge in [-0.25, -0.2) is 9.97 Å². The van der Waals surface area contributed by atoms with Crippen LogP contribution in [0.15, 0.2) is 78.9 Å². The summed E-state index contributed by atoms with van der Waals surface area (Å²) in [6.45, 7) is 41.1. The van der Waals surface area contributed by atoms with Crippen LogP contribution >= 0.6 is 0 Å². The number of H-pyrrole nitrogens is 2. The predicted octanol–water partition coefficient (Wildman–Crippen LogP) is 16.3. The molecule has 6 aromatic rings. The van der Waals surface area contributed by atoms with Crippen molar-refractivity contribution in [1.29, 1.82) is 0 Å². The van der Waals surface area contributed by atoms with Crippen molar-refractivity contribution in [1.82, 2.24) is 19.9 Å². The van der Waals surface area contributed by atoms with Gasteiger partial charge < -0.3 is 21.4 Å². The summed E-state index contributed by atoms with van der Waals surface area (Å²) in [4.78, 5) is 18.8. The zero-order chi connectivity index (χ0) is 49.8. The van der Waals surface area contributed by atoms with E-state index in [2.05, 4.69) is 226 Å². The molecule has 0 saturated heterocycles. The minimum Gasteiger partial charge on any atom is -0.397 e. The van der Waals surface area contributed by atoms with Crippen LogP contribution in [0.25, 0.3) is 79.4 Å². The number of hydrogen-bond donors (Lipinski definition) is 4. The van der Waals surface area contributed by atoms with Crippen molar-refractivity contribution in [3.05, 3.63) is 135 Å². The third kappa shape index (κ3) is 9.49. The van der Waals surface area contributed by atoms with Gasteiger partial charge in [0.15, 0.2) is 0 Å². The highest BCUT2D eigenvalue weighted by atomic mass is 14.8. The van der Waals surface area contributed by atoms with Crippen molar-refractivity contribution in [3.8, 4) is 33.4 Å². The Morgan fingerprint density at radius 3 is 1.18 bits per heavy atom. The predicted molar refractivity (Wildman–Crippen MR) is 295 cm³/mol. The van der Waals surface area contributed by atoms with Crippen molar-refractivity contribution in [3.63, 3.8) is 0 Å². The number of nitrogen functional groups attached to an aromatic ring is 1. The molecule has 8 bridgehead atoms. The number of nitrogens with one attached hydrogen (secondary N) is 2. The zero-order valence-electron chi connectivity index (χ0n) is 44.3. The van der Waals surface area contributed by atoms with Gasteiger partial charge in [-0.15, -0.1) is 0 Å². The Labute approximate surface area is 406 Å². The van der Waals surface area contributed by atoms with Crippen molar-refractivity contribution in [2.45, 2.75) is 157 Å². The average Bonchev–Trinajstić information content (AvgIpc) is 4.02. The Hall–Kier alpha value is -6.14. The highest BCUT2D eigenvalue weighted by Gasteiger charge is 2.28. The summed E-state index contributed by atoms with van der Waals surface area (Å²) in [5.74, 6) is 0. The largest absolute Gasteiger partial charge is 0.397 e. The maximum Gasteiger partial charge on any atom is 0.0967 e. The van der Waals surface area contributed by atoms with E-state index in [4.69, 9.17) is 21.4 Å². The number of anilines is 1. The molecule has 0 amide bonds. The SMILES string of the molecule is CC(C)(C)c1cc(-c2c3nc(cc4cc(N)c([nH]4)c(-c4cc(C(C)(C)C)cc(C(C)(C)C)c4)c4nc(c(-c5cc(C(C)(C)C)cc(C(C)(C)C)c5)c5ccc2[nH]5)C=C4N)C=C3)cc(C(C)(C)C)c1. The average molecular weight is 905 g/mol. The van der Waals surface area contributed by atoms with Gasteiger partial charge in [0, 0.05) is 33.2 Å². The fourth-order valence-corrected chi connectivity index (χ4v) is 9.18. The maximum absolute atomic E-state index is 7.35. The lowest BCUT2D eigenvalue weighted by atomic mass is 9.78. The first-order valence-electron chi connectivity index (χ1n) is 24.5. The van der Waals surface area contributed by atoms with E-state index >= 15 is 0 Å². The second kappa shape index (κ2) is 16.2. The van der Waals surface area contributed by atoms with Crippen molar-refractivity contribution in [2.24, 2.45) is 5.73 Å². The fourth-order valence-electron chi connectivity index (χ4n) is 9.18. The number of aromatic nitrogens is 4. The molecule has 0 saturated carbocycles. The molecule has 0 spiro atoms. The standard InChI is InChI=1S/C62H76N6/c1-57(2,3)38-23-35(24-39(29-38)58(4,5)6)52-48-20-19-44(65-48)32-45-33-46(63)55(66-45)54(37-27-42(61(13,14)15)31-43(28-37)62(16,17)18)56-47(64)34-51(68-56)53(50-22-21-49(52)67-50)36-25-40(59(7,8)9)30-41(26-36)60(10,11)12/h19-34,66-67H,63-64H2,1-18H3. The van der Waals surface area contributed by atoms with Crippen LogP contribution in [0.1, 0.15) is 181 Å². The van der Waals surface area contributed by atoms with Crippen molar-refractivity contribution in [2.75, 3.05) is 5.73 Å². The Balaban J connectivity index is 1.62. The molecule has 6 heteroatoms. The molecule has 5 heterocycles. The molecule has 3 aromatic heterocycles. The second-order valence-corrected chi connectivity index (χ2v) is 25.7. The Morgan fingerprint density at radius 1 is 0.397 bits per heavy atom. The van der Waals surface area contributed by atoms with Crippen molar-refractivity contribution < 1.29 is 0 Å². The summed E-state index contributed by atoms with van der Waals surface area (Å²) >= 11 is 0. The van der Waals surface area contributed by atoms with Crippen LogP contribution in [-0.2, 0) is 32.5 Å². The molecular weight excluding hydrogens is 829 g/mol. The molecule has 3 aromatic carbocycles. The lowest BCUT2D eigenvalue weighted by Gasteiger charge is -2.26.